The molecule has 0 spiro atoms. The number of ether oxygens (including phenoxy) is 3. The van der Waals surface area contributed by atoms with Crippen molar-refractivity contribution in [2.75, 3.05) is 27.6 Å². The fourth-order valence-corrected chi connectivity index (χ4v) is 3.41. The third-order valence-corrected chi connectivity index (χ3v) is 4.69. The Bertz CT molecular complexity index is 1070. The van der Waals surface area contributed by atoms with Crippen LogP contribution in [0.2, 0.25) is 0 Å². The minimum atomic E-state index is -3.38. The average molecular weight is 404 g/mol. The highest BCUT2D eigenvalue weighted by molar-refractivity contribution is 7.89. The fraction of sp³-hybridized carbons (Fsp3) is 0.278. The van der Waals surface area contributed by atoms with E-state index in [9.17, 15) is 8.42 Å². The van der Waals surface area contributed by atoms with Crippen molar-refractivity contribution in [1.29, 1.82) is 0 Å². The molecule has 0 unspecified atom stereocenters. The van der Waals surface area contributed by atoms with Crippen LogP contribution in [0.1, 0.15) is 5.82 Å². The summed E-state index contributed by atoms with van der Waals surface area (Å²) in [5.41, 5.74) is 0.940. The number of nitrogens with zero attached hydrogens (tertiary/aromatic N) is 4. The molecule has 0 aliphatic heterocycles. The van der Waals surface area contributed by atoms with Crippen molar-refractivity contribution in [2.24, 2.45) is 0 Å². The number of sulfone groups is 1. The predicted molar refractivity (Wildman–Crippen MR) is 103 cm³/mol. The molecular weight excluding hydrogens is 384 g/mol. The molecule has 0 N–H and O–H groups in total. The van der Waals surface area contributed by atoms with Gasteiger partial charge in [-0.15, -0.1) is 10.2 Å². The Labute approximate surface area is 162 Å². The van der Waals surface area contributed by atoms with Gasteiger partial charge in [0.05, 0.1) is 21.3 Å². The zero-order valence-corrected chi connectivity index (χ0v) is 16.7. The van der Waals surface area contributed by atoms with Crippen molar-refractivity contribution in [1.82, 2.24) is 19.7 Å². The molecule has 10 heteroatoms. The van der Waals surface area contributed by atoms with Crippen LogP contribution in [0.4, 0.5) is 0 Å². The highest BCUT2D eigenvalue weighted by Gasteiger charge is 2.24. The second-order valence-corrected chi connectivity index (χ2v) is 8.06. The lowest BCUT2D eigenvalue weighted by Gasteiger charge is -2.17. The molecule has 0 amide bonds. The maximum atomic E-state index is 12.0. The fourth-order valence-electron chi connectivity index (χ4n) is 2.75. The molecule has 3 rings (SSSR count). The van der Waals surface area contributed by atoms with Gasteiger partial charge in [-0.3, -0.25) is 4.57 Å². The number of aromatic nitrogens is 4. The lowest BCUT2D eigenvalue weighted by Crippen LogP contribution is -2.11. The van der Waals surface area contributed by atoms with Crippen LogP contribution in [-0.4, -0.2) is 55.8 Å². The van der Waals surface area contributed by atoms with Crippen molar-refractivity contribution >= 4 is 9.84 Å². The molecule has 2 aromatic heterocycles. The molecule has 9 nitrogen and oxygen atoms in total. The molecule has 0 saturated heterocycles. The van der Waals surface area contributed by atoms with Crippen molar-refractivity contribution in [3.05, 3.63) is 42.2 Å². The van der Waals surface area contributed by atoms with E-state index in [1.54, 1.807) is 41.0 Å². The van der Waals surface area contributed by atoms with Crippen LogP contribution in [0.15, 0.2) is 36.4 Å². The smallest absolute Gasteiger partial charge is 0.213 e. The van der Waals surface area contributed by atoms with Gasteiger partial charge in [0.2, 0.25) is 5.88 Å². The Morgan fingerprint density at radius 2 is 1.57 bits per heavy atom. The standard InChI is InChI=1S/C18H20N4O5S/c1-25-13-8-6-9-14(26-2)17(13)22-15(11-28(4,23)24)20-21-18(22)12-7-5-10-16(19-12)27-3/h5-10H,11H2,1-4H3. The van der Waals surface area contributed by atoms with Crippen LogP contribution < -0.4 is 14.2 Å². The first-order chi connectivity index (χ1) is 13.4. The summed E-state index contributed by atoms with van der Waals surface area (Å²) in [7, 11) is 1.16. The highest BCUT2D eigenvalue weighted by atomic mass is 32.2. The summed E-state index contributed by atoms with van der Waals surface area (Å²) in [6.45, 7) is 0. The molecule has 0 atom stereocenters. The monoisotopic (exact) mass is 404 g/mol. The zero-order valence-electron chi connectivity index (χ0n) is 15.9. The lowest BCUT2D eigenvalue weighted by atomic mass is 10.2. The molecule has 28 heavy (non-hydrogen) atoms. The third-order valence-electron chi connectivity index (χ3n) is 3.91. The maximum absolute atomic E-state index is 12.0. The van der Waals surface area contributed by atoms with Gasteiger partial charge in [-0.2, -0.15) is 0 Å². The molecule has 0 bridgehead atoms. The summed E-state index contributed by atoms with van der Waals surface area (Å²) in [4.78, 5) is 4.39. The van der Waals surface area contributed by atoms with Crippen LogP contribution in [0, 0.1) is 0 Å². The Balaban J connectivity index is 2.33. The van der Waals surface area contributed by atoms with Crippen LogP contribution in [0.5, 0.6) is 17.4 Å². The number of pyridine rings is 1. The van der Waals surface area contributed by atoms with Crippen molar-refractivity contribution in [3.8, 4) is 34.6 Å². The molecular formula is C18H20N4O5S. The molecule has 0 saturated carbocycles. The highest BCUT2D eigenvalue weighted by Crippen LogP contribution is 2.36. The average Bonchev–Trinajstić information content (AvgIpc) is 3.08. The minimum absolute atomic E-state index is 0.213. The maximum Gasteiger partial charge on any atom is 0.213 e. The van der Waals surface area contributed by atoms with Gasteiger partial charge < -0.3 is 14.2 Å². The van der Waals surface area contributed by atoms with E-state index in [0.717, 1.165) is 6.26 Å². The van der Waals surface area contributed by atoms with E-state index in [0.29, 0.717) is 34.6 Å². The van der Waals surface area contributed by atoms with Crippen LogP contribution in [-0.2, 0) is 15.6 Å². The quantitative estimate of drug-likeness (QED) is 0.588. The van der Waals surface area contributed by atoms with Crippen LogP contribution in [0.3, 0.4) is 0 Å². The summed E-state index contributed by atoms with van der Waals surface area (Å²) < 4.78 is 41.7. The molecule has 1 aromatic carbocycles. The first kappa shape index (κ1) is 19.6. The number of para-hydroxylation sites is 1. The predicted octanol–water partition coefficient (Wildman–Crippen LogP) is 1.90. The van der Waals surface area contributed by atoms with Gasteiger partial charge in [0.25, 0.3) is 0 Å². The minimum Gasteiger partial charge on any atom is -0.494 e. The normalized spacial score (nSPS) is 11.3. The van der Waals surface area contributed by atoms with Crippen molar-refractivity contribution in [2.45, 2.75) is 5.75 Å². The Kier molecular flexibility index (Phi) is 5.50. The molecule has 3 aromatic rings. The van der Waals surface area contributed by atoms with Crippen molar-refractivity contribution < 1.29 is 22.6 Å². The van der Waals surface area contributed by atoms with Crippen molar-refractivity contribution in [3.63, 3.8) is 0 Å². The topological polar surface area (TPSA) is 105 Å². The number of methoxy groups -OCH3 is 3. The van der Waals surface area contributed by atoms with E-state index in [2.05, 4.69) is 15.2 Å². The number of benzene rings is 1. The Morgan fingerprint density at radius 3 is 2.14 bits per heavy atom. The van der Waals surface area contributed by atoms with Crippen LogP contribution >= 0.6 is 0 Å². The first-order valence-electron chi connectivity index (χ1n) is 8.22. The Morgan fingerprint density at radius 1 is 0.929 bits per heavy atom. The number of hydrogen-bond donors (Lipinski definition) is 0. The zero-order chi connectivity index (χ0) is 20.3. The lowest BCUT2D eigenvalue weighted by molar-refractivity contribution is 0.390. The molecule has 0 aliphatic rings. The summed E-state index contributed by atoms with van der Waals surface area (Å²) in [5, 5.41) is 8.29. The second-order valence-electron chi connectivity index (χ2n) is 5.92. The third kappa shape index (κ3) is 3.91. The van der Waals surface area contributed by atoms with Gasteiger partial charge >= 0.3 is 0 Å². The molecule has 0 aliphatic carbocycles. The molecule has 0 radical (unpaired) electrons. The van der Waals surface area contributed by atoms with Gasteiger partial charge in [-0.25, -0.2) is 13.4 Å². The van der Waals surface area contributed by atoms with Crippen LogP contribution in [0.25, 0.3) is 17.2 Å². The molecule has 148 valence electrons. The molecule has 0 fully saturated rings. The van der Waals surface area contributed by atoms with E-state index in [1.165, 1.54) is 21.3 Å². The molecule has 2 heterocycles. The summed E-state index contributed by atoms with van der Waals surface area (Å²) in [5.74, 6) is 1.57. The van der Waals surface area contributed by atoms with Gasteiger partial charge in [-0.05, 0) is 18.2 Å². The van der Waals surface area contributed by atoms with E-state index in [1.807, 2.05) is 0 Å². The van der Waals surface area contributed by atoms with Gasteiger partial charge in [-0.1, -0.05) is 12.1 Å². The Hall–Kier alpha value is -3.14. The van der Waals surface area contributed by atoms with E-state index in [4.69, 9.17) is 14.2 Å². The first-order valence-corrected chi connectivity index (χ1v) is 10.3. The van der Waals surface area contributed by atoms with Gasteiger partial charge in [0.1, 0.15) is 28.6 Å². The summed E-state index contributed by atoms with van der Waals surface area (Å²) in [6.07, 6.45) is 1.13. The SMILES string of the molecule is COc1cccc(-c2nnc(CS(C)(=O)=O)n2-c2c(OC)cccc2OC)n1. The van der Waals surface area contributed by atoms with E-state index < -0.39 is 9.84 Å². The number of rotatable bonds is 7. The van der Waals surface area contributed by atoms with E-state index in [-0.39, 0.29) is 11.6 Å². The summed E-state index contributed by atoms with van der Waals surface area (Å²) >= 11 is 0. The van der Waals surface area contributed by atoms with Gasteiger partial charge in [0.15, 0.2) is 21.5 Å². The second kappa shape index (κ2) is 7.85. The largest absolute Gasteiger partial charge is 0.494 e. The van der Waals surface area contributed by atoms with E-state index >= 15 is 0 Å². The summed E-state index contributed by atoms with van der Waals surface area (Å²) in [6, 6.07) is 10.4. The number of hydrogen-bond acceptors (Lipinski definition) is 8. The van der Waals surface area contributed by atoms with Gasteiger partial charge in [0, 0.05) is 12.3 Å².